The van der Waals surface area contributed by atoms with Crippen LogP contribution < -0.4 is 4.74 Å². The molecule has 3 rings (SSSR count). The minimum absolute atomic E-state index is 0.0671. The van der Waals surface area contributed by atoms with Crippen LogP contribution in [0.3, 0.4) is 0 Å². The molecule has 1 fully saturated rings. The molecule has 0 unspecified atom stereocenters. The van der Waals surface area contributed by atoms with Gasteiger partial charge in [0.1, 0.15) is 0 Å². The Bertz CT molecular complexity index is 809. The Hall–Kier alpha value is -1.67. The standard InChI is InChI=1S/C16H19BrN4O2S/c1-23-13-8-10(7-12(17)14(13)22)9-18-21-15(19-20-16(21)24)11-5-3-2-4-6-11/h7-9,11,22H,2-6H2,1H3,(H,20,24)/b18-9+. The van der Waals surface area contributed by atoms with Gasteiger partial charge in [-0.3, -0.25) is 5.10 Å². The third kappa shape index (κ3) is 3.54. The van der Waals surface area contributed by atoms with Gasteiger partial charge in [0.2, 0.25) is 4.77 Å². The molecule has 6 nitrogen and oxygen atoms in total. The summed E-state index contributed by atoms with van der Waals surface area (Å²) in [6.45, 7) is 0. The number of nitrogens with one attached hydrogen (secondary N) is 1. The predicted octanol–water partition coefficient (Wildman–Crippen LogP) is 4.35. The lowest BCUT2D eigenvalue weighted by Gasteiger charge is -2.19. The van der Waals surface area contributed by atoms with Crippen molar-refractivity contribution in [2.75, 3.05) is 7.11 Å². The maximum Gasteiger partial charge on any atom is 0.216 e. The van der Waals surface area contributed by atoms with Gasteiger partial charge in [0.25, 0.3) is 0 Å². The van der Waals surface area contributed by atoms with Gasteiger partial charge in [-0.15, -0.1) is 0 Å². The van der Waals surface area contributed by atoms with Gasteiger partial charge in [0.05, 0.1) is 17.8 Å². The Kier molecular flexibility index (Phi) is 5.35. The van der Waals surface area contributed by atoms with Crippen LogP contribution >= 0.6 is 28.1 Å². The van der Waals surface area contributed by atoms with E-state index in [0.29, 0.717) is 20.9 Å². The number of ether oxygens (including phenoxy) is 1. The molecule has 24 heavy (non-hydrogen) atoms. The summed E-state index contributed by atoms with van der Waals surface area (Å²) >= 11 is 8.62. The number of nitrogens with zero attached hydrogens (tertiary/aromatic N) is 3. The molecule has 2 N–H and O–H groups in total. The molecule has 0 atom stereocenters. The number of rotatable bonds is 4. The number of aromatic hydroxyl groups is 1. The quantitative estimate of drug-likeness (QED) is 0.580. The first-order valence-electron chi connectivity index (χ1n) is 7.88. The van der Waals surface area contributed by atoms with Crippen molar-refractivity contribution >= 4 is 34.4 Å². The summed E-state index contributed by atoms with van der Waals surface area (Å²) < 4.78 is 7.88. The monoisotopic (exact) mass is 410 g/mol. The molecule has 1 saturated carbocycles. The maximum atomic E-state index is 9.88. The molecule has 1 aromatic heterocycles. The van der Waals surface area contributed by atoms with Crippen LogP contribution in [0.15, 0.2) is 21.7 Å². The lowest BCUT2D eigenvalue weighted by atomic mass is 9.89. The average Bonchev–Trinajstić information content (AvgIpc) is 2.97. The highest BCUT2D eigenvalue weighted by Crippen LogP contribution is 2.35. The first-order valence-corrected chi connectivity index (χ1v) is 9.08. The molecule has 0 bridgehead atoms. The molecule has 0 spiro atoms. The van der Waals surface area contributed by atoms with Crippen molar-refractivity contribution in [1.82, 2.24) is 14.9 Å². The maximum absolute atomic E-state index is 9.88. The summed E-state index contributed by atoms with van der Waals surface area (Å²) in [6, 6.07) is 3.49. The number of hydrogen-bond donors (Lipinski definition) is 2. The van der Waals surface area contributed by atoms with Crippen molar-refractivity contribution in [1.29, 1.82) is 0 Å². The summed E-state index contributed by atoms with van der Waals surface area (Å²) in [7, 11) is 1.51. The van der Waals surface area contributed by atoms with Crippen molar-refractivity contribution in [2.24, 2.45) is 5.10 Å². The summed E-state index contributed by atoms with van der Waals surface area (Å²) in [4.78, 5) is 0. The molecular formula is C16H19BrN4O2S. The number of benzene rings is 1. The highest BCUT2D eigenvalue weighted by Gasteiger charge is 2.21. The van der Waals surface area contributed by atoms with E-state index in [2.05, 4.69) is 31.2 Å². The van der Waals surface area contributed by atoms with E-state index in [1.807, 2.05) is 0 Å². The molecule has 1 heterocycles. The van der Waals surface area contributed by atoms with E-state index < -0.39 is 0 Å². The van der Waals surface area contributed by atoms with Gasteiger partial charge in [-0.25, -0.2) is 0 Å². The van der Waals surface area contributed by atoms with Crippen LogP contribution in [-0.4, -0.2) is 33.3 Å². The number of aromatic nitrogens is 3. The van der Waals surface area contributed by atoms with Crippen LogP contribution in [-0.2, 0) is 0 Å². The van der Waals surface area contributed by atoms with Gasteiger partial charge >= 0.3 is 0 Å². The second kappa shape index (κ2) is 7.48. The lowest BCUT2D eigenvalue weighted by Crippen LogP contribution is -2.10. The molecule has 1 aromatic carbocycles. The Labute approximate surface area is 153 Å². The first kappa shape index (κ1) is 17.2. The Balaban J connectivity index is 1.91. The molecular weight excluding hydrogens is 392 g/mol. The Morgan fingerprint density at radius 1 is 1.42 bits per heavy atom. The number of methoxy groups -OCH3 is 1. The average molecular weight is 411 g/mol. The molecule has 128 valence electrons. The van der Waals surface area contributed by atoms with Crippen LogP contribution in [0.1, 0.15) is 49.4 Å². The van der Waals surface area contributed by atoms with Crippen LogP contribution in [0.2, 0.25) is 0 Å². The zero-order valence-electron chi connectivity index (χ0n) is 13.3. The smallest absolute Gasteiger partial charge is 0.216 e. The van der Waals surface area contributed by atoms with Gasteiger partial charge in [-0.05, 0) is 58.7 Å². The molecule has 1 aliphatic carbocycles. The summed E-state index contributed by atoms with van der Waals surface area (Å²) in [6.07, 6.45) is 7.64. The van der Waals surface area contributed by atoms with Gasteiger partial charge in [-0.2, -0.15) is 14.9 Å². The zero-order chi connectivity index (χ0) is 17.1. The van der Waals surface area contributed by atoms with Crippen molar-refractivity contribution in [3.8, 4) is 11.5 Å². The largest absolute Gasteiger partial charge is 0.503 e. The second-order valence-corrected chi connectivity index (χ2v) is 7.07. The van der Waals surface area contributed by atoms with Crippen molar-refractivity contribution in [3.05, 3.63) is 32.8 Å². The van der Waals surface area contributed by atoms with E-state index in [4.69, 9.17) is 17.0 Å². The fourth-order valence-electron chi connectivity index (χ4n) is 2.99. The van der Waals surface area contributed by atoms with E-state index in [1.165, 1.54) is 26.4 Å². The normalized spacial score (nSPS) is 15.9. The van der Waals surface area contributed by atoms with Crippen LogP contribution in [0.5, 0.6) is 11.5 Å². The minimum atomic E-state index is 0.0671. The molecule has 0 saturated heterocycles. The zero-order valence-corrected chi connectivity index (χ0v) is 15.7. The van der Waals surface area contributed by atoms with Crippen molar-refractivity contribution in [3.63, 3.8) is 0 Å². The number of halogens is 1. The highest BCUT2D eigenvalue weighted by atomic mass is 79.9. The second-order valence-electron chi connectivity index (χ2n) is 5.83. The first-order chi connectivity index (χ1) is 11.6. The van der Waals surface area contributed by atoms with Crippen LogP contribution in [0.25, 0.3) is 0 Å². The summed E-state index contributed by atoms with van der Waals surface area (Å²) in [5.41, 5.74) is 0.786. The van der Waals surface area contributed by atoms with Gasteiger partial charge in [-0.1, -0.05) is 19.3 Å². The molecule has 0 aliphatic heterocycles. The van der Waals surface area contributed by atoms with E-state index in [1.54, 1.807) is 23.0 Å². The van der Waals surface area contributed by atoms with Gasteiger partial charge in [0, 0.05) is 5.92 Å². The molecule has 0 amide bonds. The Morgan fingerprint density at radius 3 is 2.88 bits per heavy atom. The minimum Gasteiger partial charge on any atom is -0.503 e. The van der Waals surface area contributed by atoms with E-state index in [9.17, 15) is 5.11 Å². The predicted molar refractivity (Wildman–Crippen MR) is 98.6 cm³/mol. The molecule has 1 aliphatic rings. The highest BCUT2D eigenvalue weighted by molar-refractivity contribution is 9.10. The van der Waals surface area contributed by atoms with Crippen molar-refractivity contribution < 1.29 is 9.84 Å². The van der Waals surface area contributed by atoms with Crippen LogP contribution in [0.4, 0.5) is 0 Å². The third-order valence-electron chi connectivity index (χ3n) is 4.24. The van der Waals surface area contributed by atoms with E-state index >= 15 is 0 Å². The number of H-pyrrole nitrogens is 1. The summed E-state index contributed by atoms with van der Waals surface area (Å²) in [5.74, 6) is 1.73. The topological polar surface area (TPSA) is 75.4 Å². The number of aromatic amines is 1. The molecule has 2 aromatic rings. The fourth-order valence-corrected chi connectivity index (χ4v) is 3.63. The number of hydrogen-bond acceptors (Lipinski definition) is 5. The number of phenolic OH excluding ortho intramolecular Hbond substituents is 1. The SMILES string of the molecule is COc1cc(/C=N/n2c(C3CCCCC3)n[nH]c2=S)cc(Br)c1O. The fraction of sp³-hybridized carbons (Fsp3) is 0.438. The molecule has 0 radical (unpaired) electrons. The summed E-state index contributed by atoms with van der Waals surface area (Å²) in [5, 5.41) is 21.6. The Morgan fingerprint density at radius 2 is 2.17 bits per heavy atom. The number of phenols is 1. The molecule has 8 heteroatoms. The van der Waals surface area contributed by atoms with E-state index in [-0.39, 0.29) is 5.75 Å². The van der Waals surface area contributed by atoms with Gasteiger partial charge in [0.15, 0.2) is 17.3 Å². The van der Waals surface area contributed by atoms with Crippen molar-refractivity contribution in [2.45, 2.75) is 38.0 Å². The third-order valence-corrected chi connectivity index (χ3v) is 5.11. The van der Waals surface area contributed by atoms with Crippen LogP contribution in [0, 0.1) is 4.77 Å². The van der Waals surface area contributed by atoms with Gasteiger partial charge < -0.3 is 9.84 Å². The van der Waals surface area contributed by atoms with E-state index in [0.717, 1.165) is 24.2 Å². The lowest BCUT2D eigenvalue weighted by molar-refractivity contribution is 0.372.